The highest BCUT2D eigenvalue weighted by molar-refractivity contribution is 6.30. The van der Waals surface area contributed by atoms with Crippen molar-refractivity contribution in [3.05, 3.63) is 16.5 Å². The van der Waals surface area contributed by atoms with Crippen LogP contribution in [-0.2, 0) is 6.42 Å². The number of nitrogens with one attached hydrogen (secondary N) is 1. The van der Waals surface area contributed by atoms with Crippen LogP contribution in [0, 0.1) is 12.8 Å². The lowest BCUT2D eigenvalue weighted by molar-refractivity contribution is 0.373. The topological polar surface area (TPSA) is 37.8 Å². The number of hydrogen-bond donors (Lipinski definition) is 1. The zero-order valence-corrected chi connectivity index (χ0v) is 12.8. The first-order valence-corrected chi connectivity index (χ1v) is 7.85. The molecular weight excluding hydrogens is 258 g/mol. The lowest BCUT2D eigenvalue weighted by Crippen LogP contribution is -2.18. The third-order valence-electron chi connectivity index (χ3n) is 3.89. The largest absolute Gasteiger partial charge is 0.369 e. The molecule has 0 atom stereocenters. The van der Waals surface area contributed by atoms with Crippen LogP contribution in [0.3, 0.4) is 0 Å². The van der Waals surface area contributed by atoms with Gasteiger partial charge in [0.2, 0.25) is 0 Å². The Labute approximate surface area is 121 Å². The maximum absolute atomic E-state index is 6.19. The van der Waals surface area contributed by atoms with Gasteiger partial charge in [0.05, 0.1) is 0 Å². The molecule has 0 amide bonds. The Hall–Kier alpha value is -0.830. The van der Waals surface area contributed by atoms with Gasteiger partial charge in [-0.15, -0.1) is 0 Å². The van der Waals surface area contributed by atoms with E-state index in [-0.39, 0.29) is 0 Å². The molecule has 0 spiro atoms. The Morgan fingerprint density at radius 2 is 1.95 bits per heavy atom. The number of halogens is 1. The number of anilines is 1. The molecule has 0 radical (unpaired) electrons. The molecule has 2 rings (SSSR count). The van der Waals surface area contributed by atoms with E-state index in [2.05, 4.69) is 22.2 Å². The van der Waals surface area contributed by atoms with E-state index < -0.39 is 0 Å². The van der Waals surface area contributed by atoms with Crippen LogP contribution < -0.4 is 5.32 Å². The summed E-state index contributed by atoms with van der Waals surface area (Å²) in [4.78, 5) is 8.93. The van der Waals surface area contributed by atoms with Crippen molar-refractivity contribution in [1.82, 2.24) is 9.97 Å². The van der Waals surface area contributed by atoms with E-state index in [1.807, 2.05) is 6.92 Å². The third-order valence-corrected chi connectivity index (χ3v) is 4.26. The van der Waals surface area contributed by atoms with Gasteiger partial charge in [0, 0.05) is 18.5 Å². The Bertz CT molecular complexity index is 414. The Balaban J connectivity index is 2.01. The van der Waals surface area contributed by atoms with Gasteiger partial charge < -0.3 is 5.32 Å². The summed E-state index contributed by atoms with van der Waals surface area (Å²) in [5.41, 5.74) is 0.970. The summed E-state index contributed by atoms with van der Waals surface area (Å²) in [6.45, 7) is 5.13. The molecule has 1 aliphatic carbocycles. The third kappa shape index (κ3) is 4.07. The summed E-state index contributed by atoms with van der Waals surface area (Å²) < 4.78 is 0. The van der Waals surface area contributed by atoms with Crippen molar-refractivity contribution >= 4 is 17.4 Å². The van der Waals surface area contributed by atoms with Crippen molar-refractivity contribution in [2.75, 3.05) is 11.9 Å². The maximum Gasteiger partial charge on any atom is 0.137 e. The van der Waals surface area contributed by atoms with Crippen LogP contribution in [0.4, 0.5) is 5.82 Å². The molecule has 1 aromatic heterocycles. The van der Waals surface area contributed by atoms with Crippen LogP contribution in [0.5, 0.6) is 0 Å². The van der Waals surface area contributed by atoms with Gasteiger partial charge in [-0.25, -0.2) is 9.97 Å². The van der Waals surface area contributed by atoms with E-state index >= 15 is 0 Å². The van der Waals surface area contributed by atoms with Gasteiger partial charge in [-0.05, 0) is 32.1 Å². The van der Waals surface area contributed by atoms with Crippen LogP contribution in [0.25, 0.3) is 0 Å². The average molecular weight is 282 g/mol. The summed E-state index contributed by atoms with van der Waals surface area (Å²) in [7, 11) is 0. The Kier molecular flexibility index (Phi) is 5.44. The van der Waals surface area contributed by atoms with E-state index in [0.29, 0.717) is 5.15 Å². The smallest absolute Gasteiger partial charge is 0.137 e. The van der Waals surface area contributed by atoms with Crippen molar-refractivity contribution in [3.8, 4) is 0 Å². The minimum absolute atomic E-state index is 0.588. The zero-order chi connectivity index (χ0) is 13.7. The summed E-state index contributed by atoms with van der Waals surface area (Å²) in [6, 6.07) is 0. The minimum atomic E-state index is 0.588. The van der Waals surface area contributed by atoms with E-state index in [4.69, 9.17) is 11.6 Å². The average Bonchev–Trinajstić information content (AvgIpc) is 2.42. The molecule has 1 heterocycles. The lowest BCUT2D eigenvalue weighted by Gasteiger charge is -2.22. The van der Waals surface area contributed by atoms with E-state index in [1.165, 1.54) is 32.1 Å². The van der Waals surface area contributed by atoms with Crippen molar-refractivity contribution in [2.45, 2.75) is 58.8 Å². The first kappa shape index (κ1) is 14.6. The molecule has 19 heavy (non-hydrogen) atoms. The van der Waals surface area contributed by atoms with Crippen LogP contribution in [-0.4, -0.2) is 16.5 Å². The first-order valence-electron chi connectivity index (χ1n) is 7.47. The van der Waals surface area contributed by atoms with Crippen molar-refractivity contribution in [2.24, 2.45) is 5.92 Å². The van der Waals surface area contributed by atoms with Crippen LogP contribution in [0.1, 0.15) is 56.8 Å². The number of rotatable bonds is 5. The van der Waals surface area contributed by atoms with E-state index in [1.54, 1.807) is 0 Å². The van der Waals surface area contributed by atoms with Crippen LogP contribution in [0.2, 0.25) is 5.15 Å². The van der Waals surface area contributed by atoms with Gasteiger partial charge >= 0.3 is 0 Å². The van der Waals surface area contributed by atoms with Gasteiger partial charge in [-0.2, -0.15) is 0 Å². The predicted octanol–water partition coefficient (Wildman–Crippen LogP) is 4.38. The lowest BCUT2D eigenvalue weighted by atomic mass is 9.89. The molecule has 0 aromatic carbocycles. The summed E-state index contributed by atoms with van der Waals surface area (Å²) in [5, 5.41) is 4.07. The van der Waals surface area contributed by atoms with E-state index in [9.17, 15) is 0 Å². The molecule has 106 valence electrons. The van der Waals surface area contributed by atoms with Gasteiger partial charge in [-0.3, -0.25) is 0 Å². The highest BCUT2D eigenvalue weighted by atomic mass is 35.5. The second-order valence-electron chi connectivity index (χ2n) is 5.54. The fourth-order valence-corrected chi connectivity index (χ4v) is 2.86. The van der Waals surface area contributed by atoms with Gasteiger partial charge in [-0.1, -0.05) is 37.8 Å². The standard InChI is InChI=1S/C15H24ClN3/c1-3-7-13-18-14(16)11(2)15(19-13)17-10-12-8-5-4-6-9-12/h12H,3-10H2,1-2H3,(H,17,18,19). The molecular formula is C15H24ClN3. The Morgan fingerprint density at radius 1 is 1.21 bits per heavy atom. The summed E-state index contributed by atoms with van der Waals surface area (Å²) in [5.74, 6) is 2.56. The molecule has 1 fully saturated rings. The summed E-state index contributed by atoms with van der Waals surface area (Å²) >= 11 is 6.19. The molecule has 1 saturated carbocycles. The number of nitrogens with zero attached hydrogens (tertiary/aromatic N) is 2. The van der Waals surface area contributed by atoms with Crippen molar-refractivity contribution in [3.63, 3.8) is 0 Å². The molecule has 1 aromatic rings. The highest BCUT2D eigenvalue weighted by Crippen LogP contribution is 2.25. The molecule has 1 N–H and O–H groups in total. The predicted molar refractivity (Wildman–Crippen MR) is 80.8 cm³/mol. The molecule has 0 aliphatic heterocycles. The van der Waals surface area contributed by atoms with E-state index in [0.717, 1.165) is 42.5 Å². The molecule has 0 bridgehead atoms. The normalized spacial score (nSPS) is 16.6. The molecule has 0 saturated heterocycles. The maximum atomic E-state index is 6.19. The summed E-state index contributed by atoms with van der Waals surface area (Å²) in [6.07, 6.45) is 8.75. The van der Waals surface area contributed by atoms with Crippen LogP contribution >= 0.6 is 11.6 Å². The van der Waals surface area contributed by atoms with Crippen LogP contribution in [0.15, 0.2) is 0 Å². The molecule has 0 unspecified atom stereocenters. The second-order valence-corrected chi connectivity index (χ2v) is 5.90. The molecule has 3 nitrogen and oxygen atoms in total. The van der Waals surface area contributed by atoms with Gasteiger partial charge in [0.1, 0.15) is 16.8 Å². The fraction of sp³-hybridized carbons (Fsp3) is 0.733. The fourth-order valence-electron chi connectivity index (χ4n) is 2.67. The second kappa shape index (κ2) is 7.09. The zero-order valence-electron chi connectivity index (χ0n) is 12.0. The number of hydrogen-bond acceptors (Lipinski definition) is 3. The first-order chi connectivity index (χ1) is 9.20. The number of aromatic nitrogens is 2. The quantitative estimate of drug-likeness (QED) is 0.814. The van der Waals surface area contributed by atoms with Gasteiger partial charge in [0.15, 0.2) is 0 Å². The van der Waals surface area contributed by atoms with Crippen molar-refractivity contribution < 1.29 is 0 Å². The highest BCUT2D eigenvalue weighted by Gasteiger charge is 2.15. The minimum Gasteiger partial charge on any atom is -0.369 e. The number of aryl methyl sites for hydroxylation is 1. The molecule has 4 heteroatoms. The monoisotopic (exact) mass is 281 g/mol. The molecule has 1 aliphatic rings. The SMILES string of the molecule is CCCc1nc(Cl)c(C)c(NCC2CCCCC2)n1. The van der Waals surface area contributed by atoms with Crippen molar-refractivity contribution in [1.29, 1.82) is 0 Å². The Morgan fingerprint density at radius 3 is 2.63 bits per heavy atom. The van der Waals surface area contributed by atoms with Gasteiger partial charge in [0.25, 0.3) is 0 Å².